The lowest BCUT2D eigenvalue weighted by Crippen LogP contribution is -2.02. The van der Waals surface area contributed by atoms with Crippen molar-refractivity contribution in [3.8, 4) is 5.69 Å². The van der Waals surface area contributed by atoms with E-state index in [0.717, 1.165) is 28.1 Å². The van der Waals surface area contributed by atoms with Gasteiger partial charge in [0.1, 0.15) is 5.52 Å². The number of imidazole rings is 1. The number of H-pyrrole nitrogens is 1. The molecular formula is C13H13ClN4S. The summed E-state index contributed by atoms with van der Waals surface area (Å²) in [6, 6.07) is 5.78. The highest BCUT2D eigenvalue weighted by Gasteiger charge is 2.15. The van der Waals surface area contributed by atoms with Gasteiger partial charge in [0, 0.05) is 12.1 Å². The molecule has 1 N–H and O–H groups in total. The number of aryl methyl sites for hydroxylation is 3. The zero-order valence-electron chi connectivity index (χ0n) is 10.9. The summed E-state index contributed by atoms with van der Waals surface area (Å²) in [5, 5.41) is 5.11. The summed E-state index contributed by atoms with van der Waals surface area (Å²) in [5.74, 6) is 0. The van der Waals surface area contributed by atoms with E-state index in [1.807, 2.05) is 48.3 Å². The largest absolute Gasteiger partial charge is 0.327 e. The number of aromatic amines is 1. The van der Waals surface area contributed by atoms with Crippen LogP contribution < -0.4 is 0 Å². The second-order valence-electron chi connectivity index (χ2n) is 4.60. The Morgan fingerprint density at radius 1 is 1.32 bits per heavy atom. The van der Waals surface area contributed by atoms with Crippen LogP contribution in [0.4, 0.5) is 0 Å². The maximum absolute atomic E-state index is 6.10. The maximum Gasteiger partial charge on any atom is 0.184 e. The number of benzene rings is 1. The molecule has 2 heterocycles. The fourth-order valence-corrected chi connectivity index (χ4v) is 2.81. The van der Waals surface area contributed by atoms with Gasteiger partial charge in [-0.3, -0.25) is 4.57 Å². The van der Waals surface area contributed by atoms with Crippen LogP contribution in [0.15, 0.2) is 18.2 Å². The Morgan fingerprint density at radius 2 is 2.05 bits per heavy atom. The molecule has 2 aromatic heterocycles. The maximum atomic E-state index is 6.10. The van der Waals surface area contributed by atoms with Gasteiger partial charge in [-0.1, -0.05) is 17.7 Å². The first-order chi connectivity index (χ1) is 8.99. The molecule has 0 radical (unpaired) electrons. The number of aromatic nitrogens is 4. The molecule has 0 atom stereocenters. The normalized spacial score (nSPS) is 11.4. The van der Waals surface area contributed by atoms with E-state index < -0.39 is 0 Å². The zero-order valence-corrected chi connectivity index (χ0v) is 12.4. The van der Waals surface area contributed by atoms with Crippen molar-refractivity contribution >= 4 is 35.0 Å². The molecule has 0 aliphatic heterocycles. The molecule has 0 spiro atoms. The SMILES string of the molecule is Cc1ccc(Cl)cc1-n1c(=S)[nH]c2c(C)nn(C)c21. The van der Waals surface area contributed by atoms with Crippen LogP contribution in [-0.2, 0) is 7.05 Å². The quantitative estimate of drug-likeness (QED) is 0.695. The first kappa shape index (κ1) is 12.4. The highest BCUT2D eigenvalue weighted by molar-refractivity contribution is 7.71. The number of hydrogen-bond acceptors (Lipinski definition) is 2. The van der Waals surface area contributed by atoms with Gasteiger partial charge < -0.3 is 4.98 Å². The molecule has 98 valence electrons. The fourth-order valence-electron chi connectivity index (χ4n) is 2.35. The topological polar surface area (TPSA) is 38.5 Å². The molecule has 0 unspecified atom stereocenters. The second-order valence-corrected chi connectivity index (χ2v) is 5.43. The number of nitrogens with one attached hydrogen (secondary N) is 1. The van der Waals surface area contributed by atoms with Crippen LogP contribution in [0, 0.1) is 18.6 Å². The van der Waals surface area contributed by atoms with Crippen molar-refractivity contribution in [1.29, 1.82) is 0 Å². The van der Waals surface area contributed by atoms with E-state index in [1.165, 1.54) is 0 Å². The Hall–Kier alpha value is -1.59. The van der Waals surface area contributed by atoms with Crippen LogP contribution in [0.25, 0.3) is 16.9 Å². The van der Waals surface area contributed by atoms with Crippen molar-refractivity contribution in [2.75, 3.05) is 0 Å². The summed E-state index contributed by atoms with van der Waals surface area (Å²) < 4.78 is 4.46. The molecule has 0 aliphatic rings. The lowest BCUT2D eigenvalue weighted by Gasteiger charge is -2.09. The lowest BCUT2D eigenvalue weighted by molar-refractivity contribution is 0.759. The summed E-state index contributed by atoms with van der Waals surface area (Å²) in [6.07, 6.45) is 0. The number of hydrogen-bond donors (Lipinski definition) is 1. The van der Waals surface area contributed by atoms with Crippen molar-refractivity contribution in [3.05, 3.63) is 39.3 Å². The van der Waals surface area contributed by atoms with E-state index in [-0.39, 0.29) is 0 Å². The summed E-state index contributed by atoms with van der Waals surface area (Å²) in [7, 11) is 1.91. The van der Waals surface area contributed by atoms with Crippen LogP contribution in [0.1, 0.15) is 11.3 Å². The smallest absolute Gasteiger partial charge is 0.184 e. The predicted molar refractivity (Wildman–Crippen MR) is 79.7 cm³/mol. The zero-order chi connectivity index (χ0) is 13.7. The summed E-state index contributed by atoms with van der Waals surface area (Å²) >= 11 is 11.5. The molecule has 0 aliphatic carbocycles. The van der Waals surface area contributed by atoms with Crippen LogP contribution in [-0.4, -0.2) is 19.3 Å². The minimum Gasteiger partial charge on any atom is -0.327 e. The Bertz CT molecular complexity index is 840. The number of fused-ring (bicyclic) bond motifs is 1. The molecule has 0 bridgehead atoms. The van der Waals surface area contributed by atoms with E-state index in [9.17, 15) is 0 Å². The number of halogens is 1. The molecule has 6 heteroatoms. The second kappa shape index (κ2) is 4.21. The summed E-state index contributed by atoms with van der Waals surface area (Å²) in [5.41, 5.74) is 4.94. The number of rotatable bonds is 1. The molecule has 0 amide bonds. The average molecular weight is 293 g/mol. The Balaban J connectivity index is 2.45. The van der Waals surface area contributed by atoms with Crippen molar-refractivity contribution in [3.63, 3.8) is 0 Å². The van der Waals surface area contributed by atoms with Crippen LogP contribution in [0.2, 0.25) is 5.02 Å². The third kappa shape index (κ3) is 1.81. The average Bonchev–Trinajstić information content (AvgIpc) is 2.81. The van der Waals surface area contributed by atoms with E-state index >= 15 is 0 Å². The number of nitrogens with zero attached hydrogens (tertiary/aromatic N) is 3. The standard InChI is InChI=1S/C13H13ClN4S/c1-7-4-5-9(14)6-10(7)18-12-11(15-13(18)19)8(2)16-17(12)3/h4-6H,1-3H3,(H,15,19). The van der Waals surface area contributed by atoms with E-state index in [2.05, 4.69) is 10.1 Å². The van der Waals surface area contributed by atoms with Gasteiger partial charge >= 0.3 is 0 Å². The Morgan fingerprint density at radius 3 is 2.79 bits per heavy atom. The minimum absolute atomic E-state index is 0.650. The first-order valence-corrected chi connectivity index (χ1v) is 6.68. The molecule has 0 fully saturated rings. The van der Waals surface area contributed by atoms with Crippen molar-refractivity contribution in [2.45, 2.75) is 13.8 Å². The molecule has 0 saturated carbocycles. The van der Waals surface area contributed by atoms with Crippen LogP contribution in [0.3, 0.4) is 0 Å². The van der Waals surface area contributed by atoms with E-state index in [1.54, 1.807) is 0 Å². The minimum atomic E-state index is 0.650. The third-order valence-electron chi connectivity index (χ3n) is 3.25. The summed E-state index contributed by atoms with van der Waals surface area (Å²) in [4.78, 5) is 3.21. The van der Waals surface area contributed by atoms with Gasteiger partial charge in [0.15, 0.2) is 10.4 Å². The third-order valence-corrected chi connectivity index (χ3v) is 3.77. The molecular weight excluding hydrogens is 280 g/mol. The molecule has 0 saturated heterocycles. The first-order valence-electron chi connectivity index (χ1n) is 5.90. The summed E-state index contributed by atoms with van der Waals surface area (Å²) in [6.45, 7) is 4.00. The molecule has 3 aromatic rings. The van der Waals surface area contributed by atoms with Crippen LogP contribution in [0.5, 0.6) is 0 Å². The van der Waals surface area contributed by atoms with Gasteiger partial charge in [0.05, 0.1) is 11.4 Å². The fraction of sp³-hybridized carbons (Fsp3) is 0.231. The van der Waals surface area contributed by atoms with Gasteiger partial charge in [0.25, 0.3) is 0 Å². The Labute approximate surface area is 120 Å². The highest BCUT2D eigenvalue weighted by Crippen LogP contribution is 2.25. The van der Waals surface area contributed by atoms with E-state index in [4.69, 9.17) is 23.8 Å². The van der Waals surface area contributed by atoms with Crippen molar-refractivity contribution in [2.24, 2.45) is 7.05 Å². The molecule has 4 nitrogen and oxygen atoms in total. The van der Waals surface area contributed by atoms with Crippen molar-refractivity contribution < 1.29 is 0 Å². The molecule has 3 rings (SSSR count). The predicted octanol–water partition coefficient (Wildman–Crippen LogP) is 3.69. The van der Waals surface area contributed by atoms with E-state index in [0.29, 0.717) is 9.79 Å². The van der Waals surface area contributed by atoms with Crippen LogP contribution >= 0.6 is 23.8 Å². The van der Waals surface area contributed by atoms with Crippen molar-refractivity contribution in [1.82, 2.24) is 19.3 Å². The van der Waals surface area contributed by atoms with Gasteiger partial charge in [-0.2, -0.15) is 5.10 Å². The van der Waals surface area contributed by atoms with Gasteiger partial charge in [-0.05, 0) is 43.8 Å². The Kier molecular flexibility index (Phi) is 2.76. The highest BCUT2D eigenvalue weighted by atomic mass is 35.5. The van der Waals surface area contributed by atoms with Gasteiger partial charge in [0.2, 0.25) is 0 Å². The monoisotopic (exact) mass is 292 g/mol. The molecule has 19 heavy (non-hydrogen) atoms. The molecule has 1 aromatic carbocycles. The van der Waals surface area contributed by atoms with Gasteiger partial charge in [-0.25, -0.2) is 4.68 Å². The lowest BCUT2D eigenvalue weighted by atomic mass is 10.2. The van der Waals surface area contributed by atoms with Gasteiger partial charge in [-0.15, -0.1) is 0 Å².